The first kappa shape index (κ1) is 41.2. The van der Waals surface area contributed by atoms with Crippen LogP contribution >= 0.6 is 0 Å². The molecular weight excluding hydrogens is 713 g/mol. The highest BCUT2D eigenvalue weighted by Gasteiger charge is 2.50. The minimum atomic E-state index is -2.73. The second-order valence-electron chi connectivity index (χ2n) is 15.0. The van der Waals surface area contributed by atoms with Crippen molar-refractivity contribution in [3.05, 3.63) is 120 Å². The molecule has 4 aromatic rings. The number of esters is 2. The molecule has 1 heterocycles. The predicted octanol–water partition coefficient (Wildman–Crippen LogP) is 6.31. The maximum Gasteiger partial charge on any atom is 0.307 e. The van der Waals surface area contributed by atoms with Crippen molar-refractivity contribution in [3.8, 4) is 11.5 Å². The molecule has 1 aliphatic heterocycles. The Morgan fingerprint density at radius 2 is 1.47 bits per heavy atom. The molecule has 0 radical (unpaired) electrons. The van der Waals surface area contributed by atoms with Crippen LogP contribution in [0.3, 0.4) is 0 Å². The van der Waals surface area contributed by atoms with Gasteiger partial charge >= 0.3 is 11.9 Å². The van der Waals surface area contributed by atoms with Gasteiger partial charge in [0.2, 0.25) is 5.91 Å². The number of phenols is 1. The Morgan fingerprint density at radius 1 is 0.855 bits per heavy atom. The number of phenolic OH excluding ortho intramolecular Hbond substituents is 1. The maximum atomic E-state index is 14.9. The second-order valence-corrected chi connectivity index (χ2v) is 19.3. The topological polar surface area (TPSA) is 138 Å². The second kappa shape index (κ2) is 18.6. The molecule has 0 bridgehead atoms. The van der Waals surface area contributed by atoms with E-state index in [1.165, 1.54) is 24.4 Å². The number of hydrogen-bond donors (Lipinski definition) is 2. The lowest BCUT2D eigenvalue weighted by molar-refractivity contribution is -0.142. The summed E-state index contributed by atoms with van der Waals surface area (Å²) in [7, 11) is -1.41. The summed E-state index contributed by atoms with van der Waals surface area (Å²) < 4.78 is 23.7. The number of carbonyl (C=O) groups is 3. The van der Waals surface area contributed by atoms with E-state index in [4.69, 9.17) is 24.4 Å². The van der Waals surface area contributed by atoms with Crippen molar-refractivity contribution in [1.29, 1.82) is 0 Å². The van der Waals surface area contributed by atoms with Crippen LogP contribution in [0.1, 0.15) is 88.1 Å². The summed E-state index contributed by atoms with van der Waals surface area (Å²) in [6.45, 7) is 9.62. The van der Waals surface area contributed by atoms with Gasteiger partial charge in [0.15, 0.2) is 0 Å². The van der Waals surface area contributed by atoms with Crippen LogP contribution in [-0.4, -0.2) is 69.6 Å². The predicted molar refractivity (Wildman–Crippen MR) is 215 cm³/mol. The maximum absolute atomic E-state index is 14.9. The molecule has 0 saturated heterocycles. The molecule has 0 spiro atoms. The fourth-order valence-electron chi connectivity index (χ4n) is 7.48. The minimum Gasteiger partial charge on any atom is -0.508 e. The average molecular weight is 767 g/mol. The summed E-state index contributed by atoms with van der Waals surface area (Å²) in [6, 6.07) is 32.5. The molecule has 1 aliphatic rings. The van der Waals surface area contributed by atoms with E-state index in [0.717, 1.165) is 5.56 Å². The van der Waals surface area contributed by atoms with E-state index in [2.05, 4.69) is 69.3 Å². The van der Waals surface area contributed by atoms with Gasteiger partial charge in [-0.15, -0.1) is 0 Å². The summed E-state index contributed by atoms with van der Waals surface area (Å²) in [6.07, 6.45) is 1.15. The van der Waals surface area contributed by atoms with Crippen molar-refractivity contribution in [2.45, 2.75) is 76.5 Å². The number of methoxy groups -OCH3 is 1. The van der Waals surface area contributed by atoms with E-state index in [1.54, 1.807) is 36.4 Å². The van der Waals surface area contributed by atoms with E-state index >= 15 is 0 Å². The molecule has 55 heavy (non-hydrogen) atoms. The number of carbonyl (C=O) groups excluding carboxylic acids is 3. The molecule has 0 fully saturated rings. The zero-order valence-electron chi connectivity index (χ0n) is 32.5. The van der Waals surface area contributed by atoms with Crippen LogP contribution < -0.4 is 20.8 Å². The molecule has 292 valence electrons. The third-order valence-electron chi connectivity index (χ3n) is 10.2. The number of nitrogens with two attached hydrogens (primary N) is 1. The lowest BCUT2D eigenvalue weighted by Gasteiger charge is -2.43. The standard InChI is InChI=1S/C44H54N2O8Si/c1-31(47)52-27-14-26-46(25-12-13-28-53-55(44(2,3)4,35-15-8-6-9-16-35)36-17-10-7-11-18-36)43(50)41-37-29-33(38(45)30-40(49)51-5)21-24-39(37)54-42(41)32-19-22-34(48)23-20-32/h6-11,15-24,29,38,41-42,48H,12-14,25-28,30,45H2,1-5H3/t38-,41+,42-/m0/s1. The van der Waals surface area contributed by atoms with Crippen LogP contribution in [0.2, 0.25) is 5.04 Å². The first-order chi connectivity index (χ1) is 26.4. The van der Waals surface area contributed by atoms with Crippen LogP contribution in [0.15, 0.2) is 103 Å². The summed E-state index contributed by atoms with van der Waals surface area (Å²) in [5, 5.41) is 12.3. The number of unbranched alkanes of at least 4 members (excludes halogenated alkanes) is 1. The number of fused-ring (bicyclic) bond motifs is 1. The highest BCUT2D eigenvalue weighted by Crippen LogP contribution is 2.48. The number of aromatic hydroxyl groups is 1. The SMILES string of the molecule is COC(=O)C[C@H](N)c1ccc2c(c1)[C@@H](C(=O)N(CCCCO[Si](c1ccccc1)(c1ccccc1)C(C)(C)C)CCCOC(C)=O)[C@H](c1ccc(O)cc1)O2. The molecule has 0 saturated carbocycles. The Hall–Kier alpha value is -4.97. The quantitative estimate of drug-likeness (QED) is 0.0720. The monoisotopic (exact) mass is 766 g/mol. The summed E-state index contributed by atoms with van der Waals surface area (Å²) in [4.78, 5) is 40.4. The Morgan fingerprint density at radius 3 is 2.05 bits per heavy atom. The lowest BCUT2D eigenvalue weighted by Crippen LogP contribution is -2.66. The van der Waals surface area contributed by atoms with Gasteiger partial charge in [-0.25, -0.2) is 0 Å². The van der Waals surface area contributed by atoms with Gasteiger partial charge in [-0.2, -0.15) is 0 Å². The number of rotatable bonds is 17. The Balaban J connectivity index is 1.40. The van der Waals surface area contributed by atoms with Crippen LogP contribution in [0.4, 0.5) is 0 Å². The molecule has 3 N–H and O–H groups in total. The third kappa shape index (κ3) is 9.83. The van der Waals surface area contributed by atoms with Gasteiger partial charge in [0.1, 0.15) is 23.5 Å². The molecule has 0 aromatic heterocycles. The van der Waals surface area contributed by atoms with Crippen molar-refractivity contribution in [2.75, 3.05) is 33.4 Å². The molecule has 5 rings (SSSR count). The van der Waals surface area contributed by atoms with Crippen LogP contribution in [0, 0.1) is 0 Å². The minimum absolute atomic E-state index is 0.0195. The Labute approximate surface area is 325 Å². The molecule has 0 unspecified atom stereocenters. The summed E-state index contributed by atoms with van der Waals surface area (Å²) in [5.74, 6) is -1.05. The molecule has 0 aliphatic carbocycles. The van der Waals surface area contributed by atoms with Gasteiger partial charge in [-0.3, -0.25) is 14.4 Å². The Bertz CT molecular complexity index is 1840. The normalized spacial score (nSPS) is 15.7. The van der Waals surface area contributed by atoms with Crippen LogP contribution in [0.25, 0.3) is 0 Å². The number of benzene rings is 4. The molecule has 1 amide bonds. The van der Waals surface area contributed by atoms with Gasteiger partial charge in [0.25, 0.3) is 8.32 Å². The molecule has 11 heteroatoms. The largest absolute Gasteiger partial charge is 0.508 e. The molecule has 10 nitrogen and oxygen atoms in total. The van der Waals surface area contributed by atoms with Crippen molar-refractivity contribution in [2.24, 2.45) is 5.73 Å². The number of hydrogen-bond acceptors (Lipinski definition) is 9. The molecule has 3 atom stereocenters. The van der Waals surface area contributed by atoms with E-state index < -0.39 is 32.4 Å². The third-order valence-corrected chi connectivity index (χ3v) is 15.2. The van der Waals surface area contributed by atoms with Gasteiger partial charge in [0.05, 0.1) is 20.1 Å². The zero-order chi connectivity index (χ0) is 39.6. The highest BCUT2D eigenvalue weighted by atomic mass is 28.4. The fourth-order valence-corrected chi connectivity index (χ4v) is 12.1. The van der Waals surface area contributed by atoms with Crippen molar-refractivity contribution in [3.63, 3.8) is 0 Å². The van der Waals surface area contributed by atoms with Crippen molar-refractivity contribution >= 4 is 36.5 Å². The number of nitrogens with zero attached hydrogens (tertiary/aromatic N) is 1. The van der Waals surface area contributed by atoms with Crippen molar-refractivity contribution in [1.82, 2.24) is 4.90 Å². The summed E-state index contributed by atoms with van der Waals surface area (Å²) >= 11 is 0. The van der Waals surface area contributed by atoms with Crippen LogP contribution in [0.5, 0.6) is 11.5 Å². The van der Waals surface area contributed by atoms with E-state index in [-0.39, 0.29) is 35.7 Å². The van der Waals surface area contributed by atoms with Gasteiger partial charge in [0, 0.05) is 38.2 Å². The number of ether oxygens (including phenoxy) is 3. The smallest absolute Gasteiger partial charge is 0.307 e. The van der Waals surface area contributed by atoms with Crippen molar-refractivity contribution < 1.29 is 38.1 Å². The Kier molecular flexibility index (Phi) is 13.9. The van der Waals surface area contributed by atoms with Gasteiger partial charge in [-0.05, 0) is 70.1 Å². The van der Waals surface area contributed by atoms with E-state index in [9.17, 15) is 19.5 Å². The summed E-state index contributed by atoms with van der Waals surface area (Å²) in [5.41, 5.74) is 8.50. The fraction of sp³-hybridized carbons (Fsp3) is 0.386. The first-order valence-electron chi connectivity index (χ1n) is 18.9. The van der Waals surface area contributed by atoms with Crippen LogP contribution in [-0.2, 0) is 28.3 Å². The average Bonchev–Trinajstić information content (AvgIpc) is 3.56. The van der Waals surface area contributed by atoms with Gasteiger partial charge < -0.3 is 34.4 Å². The molecule has 4 aromatic carbocycles. The van der Waals surface area contributed by atoms with Gasteiger partial charge in [-0.1, -0.05) is 99.6 Å². The lowest BCUT2D eigenvalue weighted by atomic mass is 9.88. The number of amides is 1. The highest BCUT2D eigenvalue weighted by molar-refractivity contribution is 6.99. The first-order valence-corrected chi connectivity index (χ1v) is 20.9. The van der Waals surface area contributed by atoms with E-state index in [1.807, 2.05) is 23.1 Å². The molecular formula is C44H54N2O8Si. The van der Waals surface area contributed by atoms with E-state index in [0.29, 0.717) is 55.8 Å². The zero-order valence-corrected chi connectivity index (χ0v) is 33.5.